The summed E-state index contributed by atoms with van der Waals surface area (Å²) in [5, 5.41) is 0. The Morgan fingerprint density at radius 3 is 2.53 bits per heavy atom. The zero-order valence-corrected chi connectivity index (χ0v) is 11.0. The molecule has 0 saturated heterocycles. The van der Waals surface area contributed by atoms with Crippen LogP contribution in [0.3, 0.4) is 0 Å². The fourth-order valence-corrected chi connectivity index (χ4v) is 2.18. The lowest BCUT2D eigenvalue weighted by Crippen LogP contribution is -2.05. The van der Waals surface area contributed by atoms with E-state index < -0.39 is 11.7 Å². The molecule has 2 nitrogen and oxygen atoms in total. The van der Waals surface area contributed by atoms with Crippen LogP contribution in [0, 0.1) is 3.70 Å². The first kappa shape index (κ1) is 12.4. The smallest absolute Gasteiger partial charge is 0.333 e. The summed E-state index contributed by atoms with van der Waals surface area (Å²) in [5.41, 5.74) is -0.196. The molecule has 0 amide bonds. The van der Waals surface area contributed by atoms with Gasteiger partial charge in [0.1, 0.15) is 9.53 Å². The van der Waals surface area contributed by atoms with Crippen LogP contribution >= 0.6 is 22.6 Å². The molecule has 0 N–H and O–H groups in total. The maximum Gasteiger partial charge on any atom is 0.416 e. The SMILES string of the molecule is Cn1cc(I)nc1-c1cccc(C(F)(F)F)c1. The molecule has 0 unspecified atom stereocenters. The molecule has 2 aromatic rings. The number of halogens is 4. The van der Waals surface area contributed by atoms with Gasteiger partial charge in [0, 0.05) is 18.8 Å². The standard InChI is InChI=1S/C11H8F3IN2/c1-17-6-9(15)16-10(17)7-3-2-4-8(5-7)11(12,13)14/h2-6H,1H3. The third kappa shape index (κ3) is 2.62. The van der Waals surface area contributed by atoms with E-state index in [0.717, 1.165) is 15.8 Å². The molecule has 0 fully saturated rings. The summed E-state index contributed by atoms with van der Waals surface area (Å²) in [5.74, 6) is 0.528. The second-order valence-electron chi connectivity index (χ2n) is 3.58. The first-order valence-corrected chi connectivity index (χ1v) is 5.82. The van der Waals surface area contributed by atoms with Gasteiger partial charge < -0.3 is 4.57 Å². The highest BCUT2D eigenvalue weighted by molar-refractivity contribution is 14.1. The molecule has 0 aliphatic carbocycles. The van der Waals surface area contributed by atoms with E-state index in [-0.39, 0.29) is 0 Å². The molecule has 0 bridgehead atoms. The maximum atomic E-state index is 12.6. The van der Waals surface area contributed by atoms with Crippen LogP contribution in [0.4, 0.5) is 13.2 Å². The van der Waals surface area contributed by atoms with E-state index in [9.17, 15) is 13.2 Å². The van der Waals surface area contributed by atoms with Crippen LogP contribution in [0.1, 0.15) is 5.56 Å². The second-order valence-corrected chi connectivity index (χ2v) is 4.68. The molecule has 6 heteroatoms. The summed E-state index contributed by atoms with van der Waals surface area (Å²) in [6, 6.07) is 5.17. The second kappa shape index (κ2) is 4.32. The van der Waals surface area contributed by atoms with Crippen molar-refractivity contribution >= 4 is 22.6 Å². The Balaban J connectivity index is 2.50. The fourth-order valence-electron chi connectivity index (χ4n) is 1.53. The van der Waals surface area contributed by atoms with Crippen LogP contribution < -0.4 is 0 Å². The number of rotatable bonds is 1. The van der Waals surface area contributed by atoms with Crippen molar-refractivity contribution in [3.8, 4) is 11.4 Å². The monoisotopic (exact) mass is 352 g/mol. The minimum atomic E-state index is -4.33. The molecule has 0 radical (unpaired) electrons. The Labute approximate surface area is 110 Å². The van der Waals surface area contributed by atoms with Gasteiger partial charge in [0.25, 0.3) is 0 Å². The molecular weight excluding hydrogens is 344 g/mol. The number of alkyl halides is 3. The number of benzene rings is 1. The molecule has 1 heterocycles. The van der Waals surface area contributed by atoms with Crippen molar-refractivity contribution in [3.05, 3.63) is 39.7 Å². The van der Waals surface area contributed by atoms with Gasteiger partial charge in [-0.3, -0.25) is 0 Å². The van der Waals surface area contributed by atoms with Gasteiger partial charge in [0.2, 0.25) is 0 Å². The van der Waals surface area contributed by atoms with Crippen molar-refractivity contribution < 1.29 is 13.2 Å². The normalized spacial score (nSPS) is 11.8. The highest BCUT2D eigenvalue weighted by Crippen LogP contribution is 2.31. The van der Waals surface area contributed by atoms with Crippen LogP contribution in [-0.2, 0) is 13.2 Å². The van der Waals surface area contributed by atoms with E-state index in [4.69, 9.17) is 0 Å². The van der Waals surface area contributed by atoms with Crippen molar-refractivity contribution in [2.24, 2.45) is 7.05 Å². The van der Waals surface area contributed by atoms with Crippen molar-refractivity contribution in [2.45, 2.75) is 6.18 Å². The van der Waals surface area contributed by atoms with Gasteiger partial charge in [-0.2, -0.15) is 13.2 Å². The van der Waals surface area contributed by atoms with Crippen molar-refractivity contribution in [1.82, 2.24) is 9.55 Å². The quantitative estimate of drug-likeness (QED) is 0.716. The van der Waals surface area contributed by atoms with Crippen LogP contribution in [0.15, 0.2) is 30.5 Å². The maximum absolute atomic E-state index is 12.6. The van der Waals surface area contributed by atoms with E-state index in [2.05, 4.69) is 4.98 Å². The zero-order chi connectivity index (χ0) is 12.6. The summed E-state index contributed by atoms with van der Waals surface area (Å²) in [6.45, 7) is 0. The van der Waals surface area contributed by atoms with Crippen LogP contribution in [-0.4, -0.2) is 9.55 Å². The minimum Gasteiger partial charge on any atom is -0.333 e. The van der Waals surface area contributed by atoms with E-state index in [1.54, 1.807) is 23.9 Å². The average Bonchev–Trinajstić information content (AvgIpc) is 2.57. The van der Waals surface area contributed by atoms with Gasteiger partial charge in [-0.25, -0.2) is 4.98 Å². The van der Waals surface area contributed by atoms with Crippen molar-refractivity contribution in [2.75, 3.05) is 0 Å². The predicted molar refractivity (Wildman–Crippen MR) is 66.4 cm³/mol. The Morgan fingerprint density at radius 2 is 2.00 bits per heavy atom. The van der Waals surface area contributed by atoms with Crippen LogP contribution in [0.2, 0.25) is 0 Å². The van der Waals surface area contributed by atoms with Gasteiger partial charge in [-0.15, -0.1) is 0 Å². The van der Waals surface area contributed by atoms with Gasteiger partial charge in [0.15, 0.2) is 0 Å². The molecule has 0 saturated carbocycles. The zero-order valence-electron chi connectivity index (χ0n) is 8.79. The molecule has 0 atom stereocenters. The third-order valence-corrected chi connectivity index (χ3v) is 2.81. The number of aryl methyl sites for hydroxylation is 1. The summed E-state index contributed by atoms with van der Waals surface area (Å²) < 4.78 is 40.1. The Kier molecular flexibility index (Phi) is 3.15. The fraction of sp³-hybridized carbons (Fsp3) is 0.182. The van der Waals surface area contributed by atoms with E-state index in [1.165, 1.54) is 6.07 Å². The Hall–Kier alpha value is -1.05. The predicted octanol–water partition coefficient (Wildman–Crippen LogP) is 3.71. The van der Waals surface area contributed by atoms with Gasteiger partial charge in [-0.05, 0) is 34.7 Å². The van der Waals surface area contributed by atoms with Gasteiger partial charge in [0.05, 0.1) is 5.56 Å². The number of aromatic nitrogens is 2. The van der Waals surface area contributed by atoms with Gasteiger partial charge in [-0.1, -0.05) is 12.1 Å². The van der Waals surface area contributed by atoms with Crippen molar-refractivity contribution in [3.63, 3.8) is 0 Å². The highest BCUT2D eigenvalue weighted by atomic mass is 127. The first-order valence-electron chi connectivity index (χ1n) is 4.74. The van der Waals surface area contributed by atoms with E-state index in [1.807, 2.05) is 22.6 Å². The summed E-state index contributed by atoms with van der Waals surface area (Å²) >= 11 is 2.02. The lowest BCUT2D eigenvalue weighted by molar-refractivity contribution is -0.137. The minimum absolute atomic E-state index is 0.463. The van der Waals surface area contributed by atoms with Crippen LogP contribution in [0.25, 0.3) is 11.4 Å². The molecule has 90 valence electrons. The lowest BCUT2D eigenvalue weighted by Gasteiger charge is -2.08. The highest BCUT2D eigenvalue weighted by Gasteiger charge is 2.30. The molecule has 0 aliphatic rings. The largest absolute Gasteiger partial charge is 0.416 e. The molecular formula is C11H8F3IN2. The molecule has 1 aromatic carbocycles. The number of imidazole rings is 1. The third-order valence-electron chi connectivity index (χ3n) is 2.30. The van der Waals surface area contributed by atoms with Crippen LogP contribution in [0.5, 0.6) is 0 Å². The molecule has 1 aromatic heterocycles. The average molecular weight is 352 g/mol. The van der Waals surface area contributed by atoms with E-state index in [0.29, 0.717) is 11.4 Å². The summed E-state index contributed by atoms with van der Waals surface area (Å²) in [4.78, 5) is 4.19. The van der Waals surface area contributed by atoms with Crippen molar-refractivity contribution in [1.29, 1.82) is 0 Å². The van der Waals surface area contributed by atoms with Gasteiger partial charge >= 0.3 is 6.18 Å². The number of nitrogens with zero attached hydrogens (tertiary/aromatic N) is 2. The lowest BCUT2D eigenvalue weighted by atomic mass is 10.1. The molecule has 17 heavy (non-hydrogen) atoms. The number of hydrogen-bond donors (Lipinski definition) is 0. The topological polar surface area (TPSA) is 17.8 Å². The summed E-state index contributed by atoms with van der Waals surface area (Å²) in [7, 11) is 1.75. The molecule has 0 aliphatic heterocycles. The first-order chi connectivity index (χ1) is 7.88. The molecule has 2 rings (SSSR count). The summed E-state index contributed by atoms with van der Waals surface area (Å²) in [6.07, 6.45) is -2.56. The Bertz CT molecular complexity index is 546. The number of hydrogen-bond acceptors (Lipinski definition) is 1. The molecule has 0 spiro atoms. The Morgan fingerprint density at radius 1 is 1.29 bits per heavy atom. The van der Waals surface area contributed by atoms with E-state index >= 15 is 0 Å².